The fraction of sp³-hybridized carbons (Fsp3) is 0.636. The maximum absolute atomic E-state index is 12.4. The molecule has 1 aliphatic rings. The van der Waals surface area contributed by atoms with Gasteiger partial charge >= 0.3 is 0 Å². The Labute approximate surface area is 115 Å². The predicted molar refractivity (Wildman–Crippen MR) is 73.9 cm³/mol. The lowest BCUT2D eigenvalue weighted by Gasteiger charge is -2.18. The Kier molecular flexibility index (Phi) is 3.44. The molecule has 17 heavy (non-hydrogen) atoms. The summed E-state index contributed by atoms with van der Waals surface area (Å²) in [5.74, 6) is 0. The van der Waals surface area contributed by atoms with E-state index < -0.39 is 10.0 Å². The quantitative estimate of drug-likeness (QED) is 0.830. The summed E-state index contributed by atoms with van der Waals surface area (Å²) < 4.78 is 27.8. The third kappa shape index (κ3) is 2.59. The second-order valence-electron chi connectivity index (χ2n) is 5.27. The molecule has 0 aliphatic carbocycles. The summed E-state index contributed by atoms with van der Waals surface area (Å²) in [6.07, 6.45) is 0.928. The molecule has 2 rings (SSSR count). The molecule has 0 unspecified atom stereocenters. The van der Waals surface area contributed by atoms with E-state index in [1.54, 1.807) is 10.4 Å². The molecule has 0 saturated carbocycles. The van der Waals surface area contributed by atoms with E-state index in [-0.39, 0.29) is 5.41 Å². The molecule has 0 N–H and O–H groups in total. The van der Waals surface area contributed by atoms with Crippen molar-refractivity contribution in [1.82, 2.24) is 4.31 Å². The van der Waals surface area contributed by atoms with E-state index in [1.165, 1.54) is 11.3 Å². The van der Waals surface area contributed by atoms with E-state index in [4.69, 9.17) is 0 Å². The molecule has 0 atom stereocenters. The van der Waals surface area contributed by atoms with Crippen LogP contribution in [0, 0.1) is 12.3 Å². The van der Waals surface area contributed by atoms with Crippen molar-refractivity contribution in [3.05, 3.63) is 15.4 Å². The van der Waals surface area contributed by atoms with E-state index >= 15 is 0 Å². The van der Waals surface area contributed by atoms with Crippen LogP contribution < -0.4 is 0 Å². The number of rotatable bonds is 2. The van der Waals surface area contributed by atoms with Crippen LogP contribution in [0.15, 0.2) is 14.1 Å². The summed E-state index contributed by atoms with van der Waals surface area (Å²) in [6, 6.07) is 1.75. The molecule has 0 bridgehead atoms. The first-order chi connectivity index (χ1) is 7.72. The van der Waals surface area contributed by atoms with Crippen LogP contribution in [0.5, 0.6) is 0 Å². The summed E-state index contributed by atoms with van der Waals surface area (Å²) in [5.41, 5.74) is 1.07. The molecular weight excluding hydrogens is 322 g/mol. The summed E-state index contributed by atoms with van der Waals surface area (Å²) >= 11 is 4.67. The van der Waals surface area contributed by atoms with Crippen molar-refractivity contribution in [2.24, 2.45) is 5.41 Å². The molecule has 0 spiro atoms. The van der Waals surface area contributed by atoms with Crippen LogP contribution in [0.25, 0.3) is 0 Å². The third-order valence-electron chi connectivity index (χ3n) is 3.07. The minimum absolute atomic E-state index is 0.0939. The van der Waals surface area contributed by atoms with Gasteiger partial charge in [0.2, 0.25) is 0 Å². The Bertz CT molecular complexity index is 514. The molecule has 1 saturated heterocycles. The Morgan fingerprint density at radius 1 is 1.47 bits per heavy atom. The Hall–Kier alpha value is 0.0900. The average Bonchev–Trinajstić information content (AvgIpc) is 2.72. The second-order valence-corrected chi connectivity index (χ2v) is 9.81. The van der Waals surface area contributed by atoms with Crippen LogP contribution in [0.1, 0.15) is 25.8 Å². The topological polar surface area (TPSA) is 37.4 Å². The fourth-order valence-corrected chi connectivity index (χ4v) is 5.96. The van der Waals surface area contributed by atoms with Gasteiger partial charge in [0.05, 0.1) is 3.79 Å². The lowest BCUT2D eigenvalue weighted by molar-refractivity contribution is 0.376. The standard InChI is InChI=1S/C11H16BrNO2S2/c1-8-6-9(16-10(8)12)17(14,15)13-5-4-11(2,3)7-13/h6H,4-5,7H2,1-3H3. The van der Waals surface area contributed by atoms with Gasteiger partial charge in [-0.15, -0.1) is 11.3 Å². The number of nitrogens with zero attached hydrogens (tertiary/aromatic N) is 1. The molecule has 1 fully saturated rings. The summed E-state index contributed by atoms with van der Waals surface area (Å²) in [4.78, 5) is 0. The van der Waals surface area contributed by atoms with Gasteiger partial charge in [-0.3, -0.25) is 0 Å². The van der Waals surface area contributed by atoms with Gasteiger partial charge in [0.25, 0.3) is 10.0 Å². The van der Waals surface area contributed by atoms with Gasteiger partial charge in [0, 0.05) is 13.1 Å². The van der Waals surface area contributed by atoms with Crippen LogP contribution in [-0.4, -0.2) is 25.8 Å². The first-order valence-electron chi connectivity index (χ1n) is 5.48. The smallest absolute Gasteiger partial charge is 0.206 e. The summed E-state index contributed by atoms with van der Waals surface area (Å²) in [6.45, 7) is 7.37. The zero-order valence-electron chi connectivity index (χ0n) is 10.2. The van der Waals surface area contributed by atoms with Gasteiger partial charge in [-0.2, -0.15) is 4.31 Å². The van der Waals surface area contributed by atoms with Gasteiger partial charge in [0.15, 0.2) is 0 Å². The highest BCUT2D eigenvalue weighted by Crippen LogP contribution is 2.37. The molecular formula is C11H16BrNO2S2. The second kappa shape index (κ2) is 4.33. The number of aryl methyl sites for hydroxylation is 1. The molecule has 2 heterocycles. The van der Waals surface area contributed by atoms with Crippen molar-refractivity contribution < 1.29 is 8.42 Å². The number of hydrogen-bond acceptors (Lipinski definition) is 3. The van der Waals surface area contributed by atoms with Crippen LogP contribution in [0.4, 0.5) is 0 Å². The SMILES string of the molecule is Cc1cc(S(=O)(=O)N2CCC(C)(C)C2)sc1Br. The highest BCUT2D eigenvalue weighted by Gasteiger charge is 2.37. The van der Waals surface area contributed by atoms with Gasteiger partial charge in [-0.1, -0.05) is 13.8 Å². The summed E-state index contributed by atoms with van der Waals surface area (Å²) in [5, 5.41) is 0. The Morgan fingerprint density at radius 3 is 2.53 bits per heavy atom. The van der Waals surface area contributed by atoms with Gasteiger partial charge in [0.1, 0.15) is 4.21 Å². The van der Waals surface area contributed by atoms with E-state index in [0.717, 1.165) is 15.8 Å². The van der Waals surface area contributed by atoms with Crippen molar-refractivity contribution in [1.29, 1.82) is 0 Å². The number of halogens is 1. The van der Waals surface area contributed by atoms with E-state index in [9.17, 15) is 8.42 Å². The first-order valence-corrected chi connectivity index (χ1v) is 8.53. The van der Waals surface area contributed by atoms with Crippen LogP contribution in [0.3, 0.4) is 0 Å². The fourth-order valence-electron chi connectivity index (χ4n) is 1.95. The van der Waals surface area contributed by atoms with Crippen molar-refractivity contribution in [3.8, 4) is 0 Å². The number of thiophene rings is 1. The minimum atomic E-state index is -3.29. The van der Waals surface area contributed by atoms with Gasteiger partial charge < -0.3 is 0 Å². The van der Waals surface area contributed by atoms with Crippen molar-refractivity contribution >= 4 is 37.3 Å². The number of hydrogen-bond donors (Lipinski definition) is 0. The molecule has 0 aromatic carbocycles. The van der Waals surface area contributed by atoms with Crippen molar-refractivity contribution in [3.63, 3.8) is 0 Å². The van der Waals surface area contributed by atoms with Crippen molar-refractivity contribution in [2.75, 3.05) is 13.1 Å². The van der Waals surface area contributed by atoms with Gasteiger partial charge in [-0.25, -0.2) is 8.42 Å². The Balaban J connectivity index is 2.32. The van der Waals surface area contributed by atoms with Crippen LogP contribution >= 0.6 is 27.3 Å². The molecule has 3 nitrogen and oxygen atoms in total. The molecule has 0 amide bonds. The third-order valence-corrected chi connectivity index (χ3v) is 7.50. The molecule has 1 aliphatic heterocycles. The van der Waals surface area contributed by atoms with E-state index in [0.29, 0.717) is 17.3 Å². The monoisotopic (exact) mass is 337 g/mol. The molecule has 96 valence electrons. The molecule has 6 heteroatoms. The normalized spacial score (nSPS) is 20.9. The summed E-state index contributed by atoms with van der Waals surface area (Å²) in [7, 11) is -3.29. The lowest BCUT2D eigenvalue weighted by Crippen LogP contribution is -2.29. The minimum Gasteiger partial charge on any atom is -0.206 e. The number of sulfonamides is 1. The maximum Gasteiger partial charge on any atom is 0.252 e. The largest absolute Gasteiger partial charge is 0.252 e. The predicted octanol–water partition coefficient (Wildman–Crippen LogP) is 3.24. The first kappa shape index (κ1) is 13.5. The zero-order chi connectivity index (χ0) is 12.8. The lowest BCUT2D eigenvalue weighted by atomic mass is 9.93. The maximum atomic E-state index is 12.4. The highest BCUT2D eigenvalue weighted by molar-refractivity contribution is 9.11. The molecule has 1 aromatic heterocycles. The zero-order valence-corrected chi connectivity index (χ0v) is 13.4. The van der Waals surface area contributed by atoms with Crippen LogP contribution in [0.2, 0.25) is 0 Å². The van der Waals surface area contributed by atoms with E-state index in [1.807, 2.05) is 6.92 Å². The molecule has 0 radical (unpaired) electrons. The molecule has 1 aromatic rings. The van der Waals surface area contributed by atoms with Crippen LogP contribution in [-0.2, 0) is 10.0 Å². The van der Waals surface area contributed by atoms with Gasteiger partial charge in [-0.05, 0) is 46.3 Å². The van der Waals surface area contributed by atoms with E-state index in [2.05, 4.69) is 29.8 Å². The van der Waals surface area contributed by atoms with Crippen molar-refractivity contribution in [2.45, 2.75) is 31.4 Å². The average molecular weight is 338 g/mol. The highest BCUT2D eigenvalue weighted by atomic mass is 79.9. The Morgan fingerprint density at radius 2 is 2.12 bits per heavy atom.